The zero-order chi connectivity index (χ0) is 14.6. The van der Waals surface area contributed by atoms with Gasteiger partial charge in [-0.1, -0.05) is 11.6 Å². The van der Waals surface area contributed by atoms with Crippen LogP contribution in [0, 0.1) is 12.3 Å². The number of rotatable bonds is 4. The van der Waals surface area contributed by atoms with E-state index in [-0.39, 0.29) is 21.5 Å². The lowest BCUT2D eigenvalue weighted by atomic mass is 10.2. The normalized spacial score (nSPS) is 12.5. The predicted molar refractivity (Wildman–Crippen MR) is 74.9 cm³/mol. The molecule has 0 aliphatic heterocycles. The van der Waals surface area contributed by atoms with E-state index in [2.05, 4.69) is 11.2 Å². The summed E-state index contributed by atoms with van der Waals surface area (Å²) in [7, 11) is 1.27. The van der Waals surface area contributed by atoms with E-state index in [0.717, 1.165) is 6.07 Å². The zero-order valence-corrected chi connectivity index (χ0v) is 12.3. The first-order chi connectivity index (χ1) is 8.74. The maximum absolute atomic E-state index is 11.9. The van der Waals surface area contributed by atoms with E-state index in [1.54, 1.807) is 6.92 Å². The Morgan fingerprint density at radius 2 is 2.11 bits per heavy atom. The number of benzene rings is 1. The topological polar surface area (TPSA) is 63.2 Å². The maximum Gasteiger partial charge on any atom is 0.261 e. The second kappa shape index (κ2) is 6.29. The molecule has 1 aromatic rings. The summed E-state index contributed by atoms with van der Waals surface area (Å²) >= 11 is 5.76. The monoisotopic (exact) mass is 319 g/mol. The number of nitrogens with one attached hydrogen (secondary N) is 1. The Labute approximate surface area is 121 Å². The van der Waals surface area contributed by atoms with Gasteiger partial charge in [0.15, 0.2) is 0 Å². The Kier molecular flexibility index (Phi) is 5.24. The minimum atomic E-state index is -3.94. The summed E-state index contributed by atoms with van der Waals surface area (Å²) in [4.78, 5) is 11.7. The number of halogens is 2. The third-order valence-corrected chi connectivity index (χ3v) is 3.77. The minimum Gasteiger partial charge on any atom is -0.349 e. The molecule has 4 nitrogen and oxygen atoms in total. The molecule has 0 aliphatic carbocycles. The summed E-state index contributed by atoms with van der Waals surface area (Å²) in [6, 6.07) is 3.45. The molecule has 1 rings (SSSR count). The quantitative estimate of drug-likeness (QED) is 0.684. The molecule has 1 unspecified atom stereocenters. The van der Waals surface area contributed by atoms with Crippen LogP contribution in [-0.2, 0) is 9.05 Å². The summed E-state index contributed by atoms with van der Waals surface area (Å²) in [6.45, 7) is 1.74. The lowest BCUT2D eigenvalue weighted by Gasteiger charge is -2.11. The molecule has 102 valence electrons. The van der Waals surface area contributed by atoms with Crippen LogP contribution in [0.3, 0.4) is 0 Å². The first-order valence-electron chi connectivity index (χ1n) is 5.23. The maximum atomic E-state index is 11.9. The summed E-state index contributed by atoms with van der Waals surface area (Å²) in [5.74, 6) is 1.95. The molecule has 0 saturated carbocycles. The van der Waals surface area contributed by atoms with Crippen molar-refractivity contribution in [2.45, 2.75) is 24.3 Å². The molecular formula is C12H11Cl2NO3S. The van der Waals surface area contributed by atoms with Crippen LogP contribution in [0.4, 0.5) is 0 Å². The number of carbonyl (C=O) groups is 1. The van der Waals surface area contributed by atoms with E-state index in [1.165, 1.54) is 12.1 Å². The van der Waals surface area contributed by atoms with Gasteiger partial charge in [-0.15, -0.1) is 12.3 Å². The van der Waals surface area contributed by atoms with Gasteiger partial charge >= 0.3 is 0 Å². The molecule has 7 heteroatoms. The van der Waals surface area contributed by atoms with E-state index in [4.69, 9.17) is 28.7 Å². The van der Waals surface area contributed by atoms with Gasteiger partial charge in [-0.25, -0.2) is 8.42 Å². The van der Waals surface area contributed by atoms with E-state index < -0.39 is 15.0 Å². The Morgan fingerprint density at radius 1 is 1.47 bits per heavy atom. The molecule has 0 spiro atoms. The van der Waals surface area contributed by atoms with Crippen molar-refractivity contribution in [3.05, 3.63) is 28.8 Å². The molecule has 0 saturated heterocycles. The molecule has 1 atom stereocenters. The zero-order valence-electron chi connectivity index (χ0n) is 9.98. The van der Waals surface area contributed by atoms with Crippen LogP contribution in [0.15, 0.2) is 23.1 Å². The standard InChI is InChI=1S/C12H11Cl2NO3S/c1-3-4-8(2)15-12(16)9-5-10(13)7-11(6-9)19(14,17)18/h1,5-8H,4H2,2H3,(H,15,16). The third kappa shape index (κ3) is 4.75. The summed E-state index contributed by atoms with van der Waals surface area (Å²) in [5, 5.41) is 2.73. The van der Waals surface area contributed by atoms with Crippen LogP contribution in [0.5, 0.6) is 0 Å². The Balaban J connectivity index is 3.05. The molecule has 0 heterocycles. The molecule has 1 amide bonds. The van der Waals surface area contributed by atoms with Crippen molar-refractivity contribution in [2.24, 2.45) is 0 Å². The smallest absolute Gasteiger partial charge is 0.261 e. The fourth-order valence-electron chi connectivity index (χ4n) is 1.37. The predicted octanol–water partition coefficient (Wildman–Crippen LogP) is 2.41. The van der Waals surface area contributed by atoms with Crippen molar-refractivity contribution in [3.63, 3.8) is 0 Å². The largest absolute Gasteiger partial charge is 0.349 e. The molecule has 19 heavy (non-hydrogen) atoms. The number of hydrogen-bond acceptors (Lipinski definition) is 3. The highest BCUT2D eigenvalue weighted by Crippen LogP contribution is 2.22. The van der Waals surface area contributed by atoms with Gasteiger partial charge in [0.1, 0.15) is 0 Å². The van der Waals surface area contributed by atoms with Crippen molar-refractivity contribution in [3.8, 4) is 12.3 Å². The van der Waals surface area contributed by atoms with Gasteiger partial charge < -0.3 is 5.32 Å². The average Bonchev–Trinajstić information content (AvgIpc) is 2.27. The van der Waals surface area contributed by atoms with Crippen molar-refractivity contribution in [1.82, 2.24) is 5.32 Å². The summed E-state index contributed by atoms with van der Waals surface area (Å²) in [6.07, 6.45) is 5.50. The van der Waals surface area contributed by atoms with E-state index >= 15 is 0 Å². The molecule has 0 radical (unpaired) electrons. The van der Waals surface area contributed by atoms with Crippen molar-refractivity contribution < 1.29 is 13.2 Å². The van der Waals surface area contributed by atoms with E-state index in [9.17, 15) is 13.2 Å². The molecule has 0 aromatic heterocycles. The summed E-state index contributed by atoms with van der Waals surface area (Å²) < 4.78 is 22.5. The van der Waals surface area contributed by atoms with Gasteiger partial charge in [0.25, 0.3) is 15.0 Å². The van der Waals surface area contributed by atoms with E-state index in [1.807, 2.05) is 0 Å². The summed E-state index contributed by atoms with van der Waals surface area (Å²) in [5.41, 5.74) is 0.107. The second-order valence-electron chi connectivity index (χ2n) is 3.90. The Hall–Kier alpha value is -1.22. The highest BCUT2D eigenvalue weighted by molar-refractivity contribution is 8.13. The van der Waals surface area contributed by atoms with Gasteiger partial charge in [-0.2, -0.15) is 0 Å². The van der Waals surface area contributed by atoms with Crippen molar-refractivity contribution >= 4 is 37.2 Å². The Bertz CT molecular complexity index is 635. The van der Waals surface area contributed by atoms with Crippen LogP contribution >= 0.6 is 22.3 Å². The minimum absolute atomic E-state index is 0.107. The first-order valence-corrected chi connectivity index (χ1v) is 7.92. The van der Waals surface area contributed by atoms with Crippen molar-refractivity contribution in [1.29, 1.82) is 0 Å². The SMILES string of the molecule is C#CCC(C)NC(=O)c1cc(Cl)cc(S(=O)(=O)Cl)c1. The molecule has 0 fully saturated rings. The van der Waals surface area contributed by atoms with Crippen LogP contribution in [-0.4, -0.2) is 20.4 Å². The fourth-order valence-corrected chi connectivity index (χ4v) is 2.47. The molecule has 1 aromatic carbocycles. The molecular weight excluding hydrogens is 309 g/mol. The van der Waals surface area contributed by atoms with Crippen LogP contribution in [0.2, 0.25) is 5.02 Å². The number of terminal acetylenes is 1. The lowest BCUT2D eigenvalue weighted by Crippen LogP contribution is -2.32. The second-order valence-corrected chi connectivity index (χ2v) is 6.90. The first kappa shape index (κ1) is 15.8. The van der Waals surface area contributed by atoms with Crippen LogP contribution in [0.25, 0.3) is 0 Å². The fraction of sp³-hybridized carbons (Fsp3) is 0.250. The molecule has 0 bridgehead atoms. The number of hydrogen-bond donors (Lipinski definition) is 1. The Morgan fingerprint density at radius 3 is 2.63 bits per heavy atom. The molecule has 1 N–H and O–H groups in total. The van der Waals surface area contributed by atoms with Gasteiger partial charge in [-0.05, 0) is 25.1 Å². The number of carbonyl (C=O) groups excluding carboxylic acids is 1. The highest BCUT2D eigenvalue weighted by atomic mass is 35.7. The average molecular weight is 320 g/mol. The van der Waals surface area contributed by atoms with Gasteiger partial charge in [0.05, 0.1) is 4.90 Å². The van der Waals surface area contributed by atoms with Gasteiger partial charge in [0.2, 0.25) is 0 Å². The third-order valence-electron chi connectivity index (χ3n) is 2.22. The van der Waals surface area contributed by atoms with Gasteiger partial charge in [0, 0.05) is 33.7 Å². The number of amides is 1. The van der Waals surface area contributed by atoms with E-state index in [0.29, 0.717) is 6.42 Å². The van der Waals surface area contributed by atoms with Crippen LogP contribution < -0.4 is 5.32 Å². The van der Waals surface area contributed by atoms with Gasteiger partial charge in [-0.3, -0.25) is 4.79 Å². The van der Waals surface area contributed by atoms with Crippen LogP contribution in [0.1, 0.15) is 23.7 Å². The lowest BCUT2D eigenvalue weighted by molar-refractivity contribution is 0.0940. The highest BCUT2D eigenvalue weighted by Gasteiger charge is 2.16. The molecule has 0 aliphatic rings. The van der Waals surface area contributed by atoms with Crippen molar-refractivity contribution in [2.75, 3.05) is 0 Å².